The summed E-state index contributed by atoms with van der Waals surface area (Å²) in [6, 6.07) is 15.5. The minimum atomic E-state index is -0.109. The first-order valence-corrected chi connectivity index (χ1v) is 10.1. The minimum absolute atomic E-state index is 0.0197. The van der Waals surface area contributed by atoms with E-state index >= 15 is 0 Å². The largest absolute Gasteiger partial charge is 0.482 e. The predicted molar refractivity (Wildman–Crippen MR) is 108 cm³/mol. The van der Waals surface area contributed by atoms with Gasteiger partial charge < -0.3 is 14.5 Å². The van der Waals surface area contributed by atoms with Crippen LogP contribution in [0, 0.1) is 0 Å². The maximum absolute atomic E-state index is 13.0. The highest BCUT2D eigenvalue weighted by Gasteiger charge is 2.28. The van der Waals surface area contributed by atoms with Crippen molar-refractivity contribution in [3.05, 3.63) is 48.5 Å². The molecule has 0 bridgehead atoms. The standard InChI is InChI=1S/C21H22N2O3S/c1-15-10-12-23(17-7-3-5-9-19(17)27-15)20(24)11-13-22-16-6-2-4-8-18(16)26-14-21(22)25/h2-9,15H,10-14H2,1H3/t15-/m0/s1. The summed E-state index contributed by atoms with van der Waals surface area (Å²) in [4.78, 5) is 30.0. The Morgan fingerprint density at radius 1 is 1.15 bits per heavy atom. The van der Waals surface area contributed by atoms with Crippen LogP contribution in [0.1, 0.15) is 19.8 Å². The molecule has 1 atom stereocenters. The lowest BCUT2D eigenvalue weighted by Crippen LogP contribution is -2.42. The molecule has 2 aliphatic rings. The number of para-hydroxylation sites is 3. The molecule has 0 aromatic heterocycles. The van der Waals surface area contributed by atoms with E-state index in [1.54, 1.807) is 4.90 Å². The normalized spacial score (nSPS) is 19.0. The Morgan fingerprint density at radius 3 is 2.74 bits per heavy atom. The van der Waals surface area contributed by atoms with Gasteiger partial charge in [0, 0.05) is 29.7 Å². The number of amides is 2. The lowest BCUT2D eigenvalue weighted by atomic mass is 10.2. The van der Waals surface area contributed by atoms with Gasteiger partial charge in [-0.3, -0.25) is 9.59 Å². The van der Waals surface area contributed by atoms with Crippen molar-refractivity contribution in [2.75, 3.05) is 29.5 Å². The number of hydrogen-bond acceptors (Lipinski definition) is 4. The number of fused-ring (bicyclic) bond motifs is 2. The van der Waals surface area contributed by atoms with E-state index in [1.807, 2.05) is 59.1 Å². The number of thioether (sulfide) groups is 1. The van der Waals surface area contributed by atoms with Crippen molar-refractivity contribution in [2.24, 2.45) is 0 Å². The van der Waals surface area contributed by atoms with Gasteiger partial charge in [0.1, 0.15) is 5.75 Å². The van der Waals surface area contributed by atoms with Crippen LogP contribution in [-0.4, -0.2) is 36.8 Å². The number of anilines is 2. The molecule has 2 aromatic carbocycles. The summed E-state index contributed by atoms with van der Waals surface area (Å²) in [5.41, 5.74) is 1.72. The van der Waals surface area contributed by atoms with Crippen LogP contribution in [0.4, 0.5) is 11.4 Å². The van der Waals surface area contributed by atoms with Gasteiger partial charge in [0.05, 0.1) is 11.4 Å². The third-order valence-electron chi connectivity index (χ3n) is 4.90. The molecule has 6 heteroatoms. The minimum Gasteiger partial charge on any atom is -0.482 e. The van der Waals surface area contributed by atoms with Crippen LogP contribution in [0.5, 0.6) is 5.75 Å². The first-order valence-electron chi connectivity index (χ1n) is 9.22. The topological polar surface area (TPSA) is 49.9 Å². The van der Waals surface area contributed by atoms with Gasteiger partial charge in [-0.1, -0.05) is 31.2 Å². The fraction of sp³-hybridized carbons (Fsp3) is 0.333. The molecular weight excluding hydrogens is 360 g/mol. The smallest absolute Gasteiger partial charge is 0.265 e. The maximum atomic E-state index is 13.0. The van der Waals surface area contributed by atoms with Gasteiger partial charge in [0.25, 0.3) is 5.91 Å². The molecule has 27 heavy (non-hydrogen) atoms. The van der Waals surface area contributed by atoms with E-state index in [2.05, 4.69) is 13.0 Å². The Hall–Kier alpha value is -2.47. The third-order valence-corrected chi connectivity index (χ3v) is 6.14. The molecule has 0 aliphatic carbocycles. The summed E-state index contributed by atoms with van der Waals surface area (Å²) in [6.45, 7) is 3.28. The zero-order valence-electron chi connectivity index (χ0n) is 15.3. The van der Waals surface area contributed by atoms with Gasteiger partial charge in [-0.15, -0.1) is 11.8 Å². The summed E-state index contributed by atoms with van der Waals surface area (Å²) in [5, 5.41) is 0.469. The summed E-state index contributed by atoms with van der Waals surface area (Å²) < 4.78 is 5.47. The van der Waals surface area contributed by atoms with E-state index < -0.39 is 0 Å². The lowest BCUT2D eigenvalue weighted by Gasteiger charge is -2.30. The van der Waals surface area contributed by atoms with Crippen LogP contribution in [0.15, 0.2) is 53.4 Å². The SMILES string of the molecule is C[C@H]1CCN(C(=O)CCN2C(=O)COc3ccccc32)c2ccccc2S1. The average molecular weight is 382 g/mol. The molecule has 0 fully saturated rings. The van der Waals surface area contributed by atoms with Crippen molar-refractivity contribution in [2.45, 2.75) is 29.9 Å². The molecule has 2 heterocycles. The Kier molecular flexibility index (Phi) is 5.07. The van der Waals surface area contributed by atoms with Crippen molar-refractivity contribution in [1.82, 2.24) is 0 Å². The van der Waals surface area contributed by atoms with E-state index in [-0.39, 0.29) is 24.8 Å². The molecule has 0 radical (unpaired) electrons. The Morgan fingerprint density at radius 2 is 1.89 bits per heavy atom. The summed E-state index contributed by atoms with van der Waals surface area (Å²) in [6.07, 6.45) is 1.23. The van der Waals surface area contributed by atoms with E-state index in [4.69, 9.17) is 4.74 Å². The second-order valence-electron chi connectivity index (χ2n) is 6.78. The molecule has 0 saturated carbocycles. The fourth-order valence-electron chi connectivity index (χ4n) is 3.49. The van der Waals surface area contributed by atoms with Crippen molar-refractivity contribution < 1.29 is 14.3 Å². The van der Waals surface area contributed by atoms with Crippen molar-refractivity contribution in [3.8, 4) is 5.75 Å². The summed E-state index contributed by atoms with van der Waals surface area (Å²) >= 11 is 1.82. The van der Waals surface area contributed by atoms with Gasteiger partial charge >= 0.3 is 0 Å². The number of ether oxygens (including phenoxy) is 1. The Labute approximate surface area is 163 Å². The molecule has 5 nitrogen and oxygen atoms in total. The molecule has 140 valence electrons. The van der Waals surface area contributed by atoms with Gasteiger partial charge in [-0.2, -0.15) is 0 Å². The predicted octanol–water partition coefficient (Wildman–Crippen LogP) is 3.72. The van der Waals surface area contributed by atoms with Gasteiger partial charge in [-0.05, 0) is 30.7 Å². The van der Waals surface area contributed by atoms with Crippen molar-refractivity contribution in [1.29, 1.82) is 0 Å². The highest BCUT2D eigenvalue weighted by molar-refractivity contribution is 8.00. The van der Waals surface area contributed by atoms with Crippen LogP contribution >= 0.6 is 11.8 Å². The second-order valence-corrected chi connectivity index (χ2v) is 8.26. The van der Waals surface area contributed by atoms with Crippen LogP contribution in [0.2, 0.25) is 0 Å². The van der Waals surface area contributed by atoms with Crippen molar-refractivity contribution in [3.63, 3.8) is 0 Å². The maximum Gasteiger partial charge on any atom is 0.265 e. The molecule has 0 unspecified atom stereocenters. The molecule has 0 N–H and O–H groups in total. The molecule has 2 aromatic rings. The van der Waals surface area contributed by atoms with E-state index in [0.29, 0.717) is 24.1 Å². The number of hydrogen-bond donors (Lipinski definition) is 0. The Bertz CT molecular complexity index is 870. The second kappa shape index (κ2) is 7.64. The highest BCUT2D eigenvalue weighted by Crippen LogP contribution is 2.37. The third kappa shape index (κ3) is 3.67. The van der Waals surface area contributed by atoms with Gasteiger partial charge in [-0.25, -0.2) is 0 Å². The highest BCUT2D eigenvalue weighted by atomic mass is 32.2. The van der Waals surface area contributed by atoms with Gasteiger partial charge in [0.15, 0.2) is 6.61 Å². The van der Waals surface area contributed by atoms with E-state index in [0.717, 1.165) is 22.7 Å². The molecular formula is C21H22N2O3S. The summed E-state index contributed by atoms with van der Waals surface area (Å²) in [5.74, 6) is 0.630. The van der Waals surface area contributed by atoms with E-state index in [1.165, 1.54) is 0 Å². The Balaban J connectivity index is 1.51. The van der Waals surface area contributed by atoms with Crippen LogP contribution in [-0.2, 0) is 9.59 Å². The molecule has 4 rings (SSSR count). The lowest BCUT2D eigenvalue weighted by molar-refractivity contribution is -0.121. The first kappa shape index (κ1) is 17.9. The number of carbonyl (C=O) groups is 2. The molecule has 0 saturated heterocycles. The first-order chi connectivity index (χ1) is 13.1. The molecule has 0 spiro atoms. The van der Waals surface area contributed by atoms with Gasteiger partial charge in [0.2, 0.25) is 5.91 Å². The van der Waals surface area contributed by atoms with Crippen LogP contribution in [0.25, 0.3) is 0 Å². The quantitative estimate of drug-likeness (QED) is 0.812. The zero-order chi connectivity index (χ0) is 18.8. The number of benzene rings is 2. The fourth-order valence-corrected chi connectivity index (χ4v) is 4.60. The number of rotatable bonds is 3. The monoisotopic (exact) mass is 382 g/mol. The van der Waals surface area contributed by atoms with Crippen LogP contribution < -0.4 is 14.5 Å². The van der Waals surface area contributed by atoms with Crippen LogP contribution in [0.3, 0.4) is 0 Å². The number of carbonyl (C=O) groups excluding carboxylic acids is 2. The number of nitrogens with zero attached hydrogens (tertiary/aromatic N) is 2. The van der Waals surface area contributed by atoms with Crippen molar-refractivity contribution >= 4 is 35.0 Å². The van der Waals surface area contributed by atoms with E-state index in [9.17, 15) is 9.59 Å². The molecule has 2 amide bonds. The summed E-state index contributed by atoms with van der Waals surface area (Å²) in [7, 11) is 0. The zero-order valence-corrected chi connectivity index (χ0v) is 16.1. The average Bonchev–Trinajstić information content (AvgIpc) is 2.85. The molecule has 2 aliphatic heterocycles.